The molecule has 4 N–H and O–H groups in total. The minimum absolute atomic E-state index is 0.222. The number of hydrogen-bond donors (Lipinski definition) is 2. The van der Waals surface area contributed by atoms with Crippen molar-refractivity contribution < 1.29 is 9.53 Å². The fourth-order valence-electron chi connectivity index (χ4n) is 1.71. The van der Waals surface area contributed by atoms with E-state index < -0.39 is 5.91 Å². The number of nitrogens with zero attached hydrogens (tertiary/aromatic N) is 1. The number of aryl methyl sites for hydroxylation is 1. The fourth-order valence-corrected chi connectivity index (χ4v) is 1.96. The first kappa shape index (κ1) is 14.0. The number of carbonyl (C=O) groups excluding carboxylic acids is 1. The van der Waals surface area contributed by atoms with Crippen molar-refractivity contribution in [1.82, 2.24) is 4.98 Å². The topological polar surface area (TPSA) is 91.2 Å². The Hall–Kier alpha value is -2.47. The number of thiocarbonyl (C=S) groups is 1. The number of primary amides is 1. The molecule has 0 spiro atoms. The highest BCUT2D eigenvalue weighted by atomic mass is 32.1. The molecule has 0 aliphatic rings. The second-order valence-corrected chi connectivity index (χ2v) is 4.60. The molecule has 0 saturated carbocycles. The average Bonchev–Trinajstić information content (AvgIpc) is 2.39. The maximum atomic E-state index is 11.0. The van der Waals surface area contributed by atoms with Gasteiger partial charge in [0.05, 0.1) is 5.56 Å². The Balaban J connectivity index is 2.33. The van der Waals surface area contributed by atoms with Gasteiger partial charge in [-0.05, 0) is 42.8 Å². The molecule has 1 aromatic heterocycles. The predicted octanol–water partition coefficient (Wildman–Crippen LogP) is 1.92. The van der Waals surface area contributed by atoms with Crippen LogP contribution < -0.4 is 16.2 Å². The summed E-state index contributed by atoms with van der Waals surface area (Å²) in [5, 5.41) is 0. The van der Waals surface area contributed by atoms with E-state index in [1.165, 1.54) is 0 Å². The number of ether oxygens (including phenoxy) is 1. The third-order valence-electron chi connectivity index (χ3n) is 2.72. The molecule has 20 heavy (non-hydrogen) atoms. The molecule has 0 unspecified atom stereocenters. The number of nitrogens with two attached hydrogens (primary N) is 2. The molecule has 0 saturated heterocycles. The molecule has 0 bridgehead atoms. The van der Waals surface area contributed by atoms with Crippen LogP contribution in [0.5, 0.6) is 11.6 Å². The van der Waals surface area contributed by atoms with Crippen LogP contribution in [0.4, 0.5) is 0 Å². The van der Waals surface area contributed by atoms with Gasteiger partial charge in [0.1, 0.15) is 10.7 Å². The Bertz CT molecular complexity index is 669. The number of benzene rings is 1. The van der Waals surface area contributed by atoms with Crippen molar-refractivity contribution in [2.24, 2.45) is 11.5 Å². The summed E-state index contributed by atoms with van der Waals surface area (Å²) in [6.45, 7) is 1.87. The molecule has 0 aliphatic heterocycles. The lowest BCUT2D eigenvalue weighted by molar-refractivity contribution is 0.100. The van der Waals surface area contributed by atoms with Crippen molar-refractivity contribution in [3.05, 3.63) is 53.2 Å². The standard InChI is InChI=1S/C14H13N3O2S/c1-8-6-7-17-14(11(8)13(16)20)19-10-4-2-9(3-5-10)12(15)18/h2-7H,1H3,(H2,15,18)(H2,16,20). The molecule has 6 heteroatoms. The first-order valence-electron chi connectivity index (χ1n) is 5.82. The lowest BCUT2D eigenvalue weighted by Gasteiger charge is -2.11. The Kier molecular flexibility index (Phi) is 3.95. The summed E-state index contributed by atoms with van der Waals surface area (Å²) in [6.07, 6.45) is 1.62. The van der Waals surface area contributed by atoms with Gasteiger partial charge in [-0.15, -0.1) is 0 Å². The maximum Gasteiger partial charge on any atom is 0.248 e. The molecule has 0 fully saturated rings. The van der Waals surface area contributed by atoms with E-state index in [1.807, 2.05) is 6.92 Å². The summed E-state index contributed by atoms with van der Waals surface area (Å²) in [6, 6.07) is 8.22. The van der Waals surface area contributed by atoms with E-state index >= 15 is 0 Å². The third kappa shape index (κ3) is 2.92. The summed E-state index contributed by atoms with van der Waals surface area (Å²) < 4.78 is 5.66. The van der Waals surface area contributed by atoms with Crippen molar-refractivity contribution >= 4 is 23.1 Å². The molecule has 102 valence electrons. The van der Waals surface area contributed by atoms with Crippen molar-refractivity contribution in [2.75, 3.05) is 0 Å². The van der Waals surface area contributed by atoms with E-state index in [4.69, 9.17) is 28.4 Å². The van der Waals surface area contributed by atoms with Gasteiger partial charge in [0.15, 0.2) is 0 Å². The number of aromatic nitrogens is 1. The van der Waals surface area contributed by atoms with E-state index in [-0.39, 0.29) is 4.99 Å². The van der Waals surface area contributed by atoms with Crippen LogP contribution in [0.3, 0.4) is 0 Å². The van der Waals surface area contributed by atoms with Crippen molar-refractivity contribution in [3.63, 3.8) is 0 Å². The number of carbonyl (C=O) groups is 1. The van der Waals surface area contributed by atoms with Crippen LogP contribution in [-0.4, -0.2) is 15.9 Å². The Labute approximate surface area is 121 Å². The first-order chi connectivity index (χ1) is 9.49. The van der Waals surface area contributed by atoms with Crippen LogP contribution >= 0.6 is 12.2 Å². The van der Waals surface area contributed by atoms with E-state index in [0.29, 0.717) is 22.8 Å². The highest BCUT2D eigenvalue weighted by molar-refractivity contribution is 7.80. The Morgan fingerprint density at radius 2 is 1.85 bits per heavy atom. The van der Waals surface area contributed by atoms with Crippen LogP contribution in [0.1, 0.15) is 21.5 Å². The molecular weight excluding hydrogens is 274 g/mol. The zero-order valence-corrected chi connectivity index (χ0v) is 11.6. The molecule has 5 nitrogen and oxygen atoms in total. The van der Waals surface area contributed by atoms with E-state index in [0.717, 1.165) is 5.56 Å². The predicted molar refractivity (Wildman–Crippen MR) is 79.9 cm³/mol. The Morgan fingerprint density at radius 3 is 2.40 bits per heavy atom. The highest BCUT2D eigenvalue weighted by Gasteiger charge is 2.12. The van der Waals surface area contributed by atoms with Gasteiger partial charge in [-0.1, -0.05) is 12.2 Å². The Morgan fingerprint density at radius 1 is 1.20 bits per heavy atom. The summed E-state index contributed by atoms with van der Waals surface area (Å²) in [5.41, 5.74) is 12.7. The molecule has 0 radical (unpaired) electrons. The van der Waals surface area contributed by atoms with Gasteiger partial charge in [-0.3, -0.25) is 4.79 Å². The number of rotatable bonds is 4. The van der Waals surface area contributed by atoms with Crippen LogP contribution in [0.2, 0.25) is 0 Å². The molecule has 2 rings (SSSR count). The fraction of sp³-hybridized carbons (Fsp3) is 0.0714. The molecule has 1 amide bonds. The van der Waals surface area contributed by atoms with Crippen LogP contribution in [0.15, 0.2) is 36.5 Å². The van der Waals surface area contributed by atoms with Gasteiger partial charge < -0.3 is 16.2 Å². The number of amides is 1. The van der Waals surface area contributed by atoms with Gasteiger partial charge in [-0.25, -0.2) is 4.98 Å². The van der Waals surface area contributed by atoms with Gasteiger partial charge in [0.25, 0.3) is 0 Å². The summed E-state index contributed by atoms with van der Waals surface area (Å²) >= 11 is 5.00. The lowest BCUT2D eigenvalue weighted by atomic mass is 10.1. The molecule has 1 aromatic carbocycles. The summed E-state index contributed by atoms with van der Waals surface area (Å²) in [7, 11) is 0. The van der Waals surface area contributed by atoms with Crippen LogP contribution in [0.25, 0.3) is 0 Å². The summed E-state index contributed by atoms with van der Waals surface area (Å²) in [4.78, 5) is 15.3. The zero-order valence-electron chi connectivity index (χ0n) is 10.8. The smallest absolute Gasteiger partial charge is 0.248 e. The second kappa shape index (κ2) is 5.66. The minimum Gasteiger partial charge on any atom is -0.438 e. The molecule has 1 heterocycles. The highest BCUT2D eigenvalue weighted by Crippen LogP contribution is 2.25. The molecule has 2 aromatic rings. The summed E-state index contributed by atoms with van der Waals surface area (Å²) in [5.74, 6) is 0.365. The van der Waals surface area contributed by atoms with Crippen molar-refractivity contribution in [3.8, 4) is 11.6 Å². The second-order valence-electron chi connectivity index (χ2n) is 4.16. The lowest BCUT2D eigenvalue weighted by Crippen LogP contribution is -2.13. The molecular formula is C14H13N3O2S. The average molecular weight is 287 g/mol. The maximum absolute atomic E-state index is 11.0. The van der Waals surface area contributed by atoms with Crippen LogP contribution in [-0.2, 0) is 0 Å². The minimum atomic E-state index is -0.492. The van der Waals surface area contributed by atoms with Crippen molar-refractivity contribution in [1.29, 1.82) is 0 Å². The largest absolute Gasteiger partial charge is 0.438 e. The van der Waals surface area contributed by atoms with Gasteiger partial charge in [0, 0.05) is 11.8 Å². The monoisotopic (exact) mass is 287 g/mol. The number of hydrogen-bond acceptors (Lipinski definition) is 4. The zero-order chi connectivity index (χ0) is 14.7. The van der Waals surface area contributed by atoms with Gasteiger partial charge in [-0.2, -0.15) is 0 Å². The molecule has 0 aliphatic carbocycles. The number of pyridine rings is 1. The van der Waals surface area contributed by atoms with E-state index in [2.05, 4.69) is 4.98 Å². The SMILES string of the molecule is Cc1ccnc(Oc2ccc(C(N)=O)cc2)c1C(N)=S. The third-order valence-corrected chi connectivity index (χ3v) is 2.93. The normalized spacial score (nSPS) is 10.1. The van der Waals surface area contributed by atoms with Gasteiger partial charge in [0.2, 0.25) is 11.8 Å². The van der Waals surface area contributed by atoms with Gasteiger partial charge >= 0.3 is 0 Å². The van der Waals surface area contributed by atoms with E-state index in [9.17, 15) is 4.79 Å². The first-order valence-corrected chi connectivity index (χ1v) is 6.23. The van der Waals surface area contributed by atoms with Crippen molar-refractivity contribution in [2.45, 2.75) is 6.92 Å². The van der Waals surface area contributed by atoms with E-state index in [1.54, 1.807) is 36.5 Å². The molecule has 0 atom stereocenters. The quantitative estimate of drug-likeness (QED) is 0.838. The van der Waals surface area contributed by atoms with Crippen LogP contribution in [0, 0.1) is 6.92 Å².